The van der Waals surface area contributed by atoms with Gasteiger partial charge in [-0.05, 0) is 6.92 Å². The number of hydrogen-bond donors (Lipinski definition) is 5. The fraction of sp³-hybridized carbons (Fsp3) is 0.500. The molecule has 0 saturated carbocycles. The first-order valence-electron chi connectivity index (χ1n) is 3.17. The number of aliphatic hydroxyl groups excluding tert-OH is 1. The first-order chi connectivity index (χ1) is 6.12. The van der Waals surface area contributed by atoms with Gasteiger partial charge < -0.3 is 24.7 Å². The molecule has 0 aromatic carbocycles. The minimum Gasteiger partial charge on any atom is -0.392 e. The summed E-state index contributed by atoms with van der Waals surface area (Å²) < 4.78 is 22.2. The van der Waals surface area contributed by atoms with Crippen molar-refractivity contribution in [2.45, 2.75) is 6.92 Å². The highest BCUT2D eigenvalue weighted by molar-refractivity contribution is 7.60. The third-order valence-electron chi connectivity index (χ3n) is 0.554. The predicted molar refractivity (Wildman–Crippen MR) is 47.1 cm³/mol. The van der Waals surface area contributed by atoms with Crippen molar-refractivity contribution in [1.29, 1.82) is 0 Å². The van der Waals surface area contributed by atoms with Crippen LogP contribution in [-0.4, -0.2) is 31.3 Å². The lowest BCUT2D eigenvalue weighted by molar-refractivity contribution is 0.225. The van der Waals surface area contributed by atoms with Crippen molar-refractivity contribution in [3.8, 4) is 0 Å². The van der Waals surface area contributed by atoms with Gasteiger partial charge in [-0.25, -0.2) is 9.13 Å². The molecule has 0 aliphatic carbocycles. The van der Waals surface area contributed by atoms with Gasteiger partial charge in [0.2, 0.25) is 0 Å². The molecule has 8 nitrogen and oxygen atoms in total. The molecule has 0 rings (SSSR count). The molecular weight excluding hydrogens is 238 g/mol. The quantitative estimate of drug-likeness (QED) is 0.340. The Balaban J connectivity index is 0. The largest absolute Gasteiger partial charge is 0.478 e. The highest BCUT2D eigenvalue weighted by Crippen LogP contribution is 2.53. The second-order valence-corrected chi connectivity index (χ2v) is 4.43. The van der Waals surface area contributed by atoms with Gasteiger partial charge in [0.05, 0.1) is 6.61 Å². The van der Waals surface area contributed by atoms with Gasteiger partial charge in [0, 0.05) is 0 Å². The van der Waals surface area contributed by atoms with Gasteiger partial charge in [0.25, 0.3) is 0 Å². The maximum Gasteiger partial charge on any atom is 0.478 e. The van der Waals surface area contributed by atoms with Gasteiger partial charge in [-0.1, -0.05) is 12.2 Å². The van der Waals surface area contributed by atoms with E-state index < -0.39 is 15.6 Å². The van der Waals surface area contributed by atoms with Crippen LogP contribution in [0, 0.1) is 0 Å². The van der Waals surface area contributed by atoms with E-state index in [2.05, 4.69) is 4.31 Å². The van der Waals surface area contributed by atoms with Gasteiger partial charge in [0.15, 0.2) is 0 Å². The first kappa shape index (κ1) is 16.4. The van der Waals surface area contributed by atoms with Crippen LogP contribution in [0.25, 0.3) is 0 Å². The molecule has 86 valence electrons. The normalized spacial score (nSPS) is 12.4. The van der Waals surface area contributed by atoms with Crippen molar-refractivity contribution in [3.63, 3.8) is 0 Å². The third kappa shape index (κ3) is 22.7. The Hall–Kier alpha value is -0.0400. The van der Waals surface area contributed by atoms with Crippen molar-refractivity contribution in [2.24, 2.45) is 0 Å². The molecule has 0 saturated heterocycles. The van der Waals surface area contributed by atoms with E-state index in [-0.39, 0.29) is 6.61 Å². The lowest BCUT2D eigenvalue weighted by Crippen LogP contribution is -1.84. The summed E-state index contributed by atoms with van der Waals surface area (Å²) in [5.41, 5.74) is 0. The highest BCUT2D eigenvalue weighted by atomic mass is 31.3. The summed E-state index contributed by atoms with van der Waals surface area (Å²) in [5.74, 6) is 0. The van der Waals surface area contributed by atoms with E-state index in [9.17, 15) is 9.13 Å². The van der Waals surface area contributed by atoms with Crippen molar-refractivity contribution in [2.75, 3.05) is 6.61 Å². The van der Waals surface area contributed by atoms with E-state index in [0.29, 0.717) is 0 Å². The molecule has 0 fully saturated rings. The molecule has 5 N–H and O–H groups in total. The Bertz CT molecular complexity index is 228. The second-order valence-electron chi connectivity index (χ2n) is 1.81. The molecule has 0 spiro atoms. The van der Waals surface area contributed by atoms with Crippen LogP contribution in [0.2, 0.25) is 0 Å². The maximum absolute atomic E-state index is 9.63. The van der Waals surface area contributed by atoms with Crippen LogP contribution in [0.15, 0.2) is 12.2 Å². The van der Waals surface area contributed by atoms with Crippen molar-refractivity contribution in [1.82, 2.24) is 0 Å². The van der Waals surface area contributed by atoms with Crippen LogP contribution in [0.1, 0.15) is 6.92 Å². The van der Waals surface area contributed by atoms with Crippen molar-refractivity contribution < 1.29 is 38.1 Å². The average Bonchev–Trinajstić information content (AvgIpc) is 1.81. The third-order valence-corrected chi connectivity index (χ3v) is 2.26. The van der Waals surface area contributed by atoms with Gasteiger partial charge in [-0.15, -0.1) is 0 Å². The van der Waals surface area contributed by atoms with Crippen LogP contribution < -0.4 is 0 Å². The number of rotatable bonds is 3. The Kier molecular flexibility index (Phi) is 8.52. The van der Waals surface area contributed by atoms with Crippen molar-refractivity contribution in [3.05, 3.63) is 12.2 Å². The monoisotopic (exact) mass is 250 g/mol. The molecule has 0 aromatic rings. The van der Waals surface area contributed by atoms with Crippen LogP contribution in [0.5, 0.6) is 0 Å². The SMILES string of the molecule is CC=CCO.O=P(O)(O)OP(=O)(O)O. The molecule has 0 unspecified atom stereocenters. The van der Waals surface area contributed by atoms with Crippen molar-refractivity contribution >= 4 is 15.6 Å². The predicted octanol–water partition coefficient (Wildman–Crippen LogP) is -0.257. The molecule has 0 aliphatic heterocycles. The standard InChI is InChI=1S/C4H8O.H4O7P2/c1-2-3-4-5;1-8(2,3)7-9(4,5)6/h2-3,5H,4H2,1H3;(H2,1,2,3)(H2,4,5,6). The molecule has 0 heterocycles. The molecule has 0 atom stereocenters. The van der Waals surface area contributed by atoms with Crippen LogP contribution in [0.3, 0.4) is 0 Å². The summed E-state index contributed by atoms with van der Waals surface area (Å²) in [6, 6.07) is 0. The smallest absolute Gasteiger partial charge is 0.392 e. The fourth-order valence-corrected chi connectivity index (χ4v) is 1.35. The maximum atomic E-state index is 9.63. The Labute approximate surface area is 80.3 Å². The van der Waals surface area contributed by atoms with E-state index in [1.807, 2.05) is 6.92 Å². The molecule has 14 heavy (non-hydrogen) atoms. The summed E-state index contributed by atoms with van der Waals surface area (Å²) >= 11 is 0. The minimum absolute atomic E-state index is 0.163. The Morgan fingerprint density at radius 3 is 1.50 bits per heavy atom. The lowest BCUT2D eigenvalue weighted by atomic mass is 10.6. The molecular formula is C4H12O8P2. The zero-order valence-electron chi connectivity index (χ0n) is 7.22. The number of hydrogen-bond acceptors (Lipinski definition) is 4. The minimum atomic E-state index is -5.05. The summed E-state index contributed by atoms with van der Waals surface area (Å²) in [6.45, 7) is 2.03. The van der Waals surface area contributed by atoms with Gasteiger partial charge in [-0.2, -0.15) is 4.31 Å². The highest BCUT2D eigenvalue weighted by Gasteiger charge is 2.27. The van der Waals surface area contributed by atoms with E-state index in [1.165, 1.54) is 0 Å². The zero-order valence-corrected chi connectivity index (χ0v) is 9.01. The zero-order chi connectivity index (χ0) is 11.8. The number of phosphoric acid groups is 2. The van der Waals surface area contributed by atoms with Gasteiger partial charge in [0.1, 0.15) is 0 Å². The number of aliphatic hydroxyl groups is 1. The first-order valence-corrected chi connectivity index (χ1v) is 6.23. The molecule has 0 amide bonds. The molecule has 0 bridgehead atoms. The van der Waals surface area contributed by atoms with Gasteiger partial charge >= 0.3 is 15.6 Å². The molecule has 0 aromatic heterocycles. The van der Waals surface area contributed by atoms with E-state index in [4.69, 9.17) is 24.7 Å². The Morgan fingerprint density at radius 2 is 1.50 bits per heavy atom. The molecule has 0 aliphatic rings. The van der Waals surface area contributed by atoms with E-state index in [0.717, 1.165) is 0 Å². The average molecular weight is 250 g/mol. The Morgan fingerprint density at radius 1 is 1.14 bits per heavy atom. The van der Waals surface area contributed by atoms with E-state index in [1.54, 1.807) is 12.2 Å². The van der Waals surface area contributed by atoms with Crippen LogP contribution in [-0.2, 0) is 13.4 Å². The van der Waals surface area contributed by atoms with Gasteiger partial charge in [-0.3, -0.25) is 0 Å². The summed E-state index contributed by atoms with van der Waals surface area (Å²) in [6.07, 6.45) is 3.49. The molecule has 10 heteroatoms. The lowest BCUT2D eigenvalue weighted by Gasteiger charge is -2.03. The van der Waals surface area contributed by atoms with Crippen LogP contribution in [0.4, 0.5) is 0 Å². The topological polar surface area (TPSA) is 145 Å². The summed E-state index contributed by atoms with van der Waals surface area (Å²) in [4.78, 5) is 31.0. The summed E-state index contributed by atoms with van der Waals surface area (Å²) in [5, 5.41) is 7.98. The van der Waals surface area contributed by atoms with Crippen LogP contribution >= 0.6 is 15.6 Å². The summed E-state index contributed by atoms with van der Waals surface area (Å²) in [7, 11) is -10.1. The fourth-order valence-electron chi connectivity index (χ4n) is 0.244. The molecule has 0 radical (unpaired) electrons. The van der Waals surface area contributed by atoms with E-state index >= 15 is 0 Å². The second kappa shape index (κ2) is 7.28. The number of allylic oxidation sites excluding steroid dienone is 1.